The van der Waals surface area contributed by atoms with Crippen LogP contribution in [-0.4, -0.2) is 0 Å². The molecule has 3 heteroatoms. The van der Waals surface area contributed by atoms with E-state index in [4.69, 9.17) is 0 Å². The Balaban J connectivity index is 2.20. The van der Waals surface area contributed by atoms with Gasteiger partial charge >= 0.3 is 0 Å². The minimum Gasteiger partial charge on any atom is -0.207 e. The van der Waals surface area contributed by atoms with Crippen molar-refractivity contribution in [3.05, 3.63) is 47.0 Å². The molecule has 0 fully saturated rings. The Morgan fingerprint density at radius 2 is 2.00 bits per heavy atom. The lowest BCUT2D eigenvalue weighted by atomic mass is 9.81. The zero-order valence-corrected chi connectivity index (χ0v) is 12.3. The molecule has 3 rings (SSSR count). The highest BCUT2D eigenvalue weighted by atomic mass is 79.9. The summed E-state index contributed by atoms with van der Waals surface area (Å²) in [5.74, 6) is -0.342. The van der Waals surface area contributed by atoms with Gasteiger partial charge in [0.2, 0.25) is 0 Å². The quantitative estimate of drug-likeness (QED) is 0.605. The highest BCUT2D eigenvalue weighted by Crippen LogP contribution is 2.41. The third kappa shape index (κ3) is 2.29. The smallest absolute Gasteiger partial charge is 0.133 e. The lowest BCUT2D eigenvalue weighted by molar-refractivity contribution is 0.443. The van der Waals surface area contributed by atoms with Crippen LogP contribution in [0.5, 0.6) is 0 Å². The minimum absolute atomic E-state index is 0.273. The molecule has 0 bridgehead atoms. The van der Waals surface area contributed by atoms with Gasteiger partial charge in [0, 0.05) is 16.3 Å². The maximum Gasteiger partial charge on any atom is 0.133 e. The van der Waals surface area contributed by atoms with Crippen molar-refractivity contribution in [1.29, 1.82) is 0 Å². The highest BCUT2D eigenvalue weighted by molar-refractivity contribution is 9.09. The number of alkyl halides is 1. The second kappa shape index (κ2) is 4.86. The molecule has 0 saturated heterocycles. The van der Waals surface area contributed by atoms with E-state index in [0.717, 1.165) is 30.9 Å². The molecule has 0 aromatic heterocycles. The number of benzene rings is 2. The molecule has 19 heavy (non-hydrogen) atoms. The van der Waals surface area contributed by atoms with Crippen molar-refractivity contribution in [3.8, 4) is 0 Å². The van der Waals surface area contributed by atoms with Gasteiger partial charge in [-0.25, -0.2) is 8.78 Å². The Labute approximate surface area is 119 Å². The molecule has 0 nitrogen and oxygen atoms in total. The summed E-state index contributed by atoms with van der Waals surface area (Å²) in [7, 11) is 0. The molecule has 2 aromatic carbocycles. The molecule has 0 spiro atoms. The first kappa shape index (κ1) is 13.0. The first-order chi connectivity index (χ1) is 9.08. The van der Waals surface area contributed by atoms with Gasteiger partial charge in [0.15, 0.2) is 0 Å². The van der Waals surface area contributed by atoms with Crippen LogP contribution in [0, 0.1) is 17.6 Å². The summed E-state index contributed by atoms with van der Waals surface area (Å²) in [5.41, 5.74) is 2.38. The highest BCUT2D eigenvalue weighted by Gasteiger charge is 2.25. The number of fused-ring (bicyclic) bond motifs is 2. The topological polar surface area (TPSA) is 0 Å². The Kier molecular flexibility index (Phi) is 3.34. The van der Waals surface area contributed by atoms with Crippen LogP contribution in [0.3, 0.4) is 0 Å². The van der Waals surface area contributed by atoms with Gasteiger partial charge < -0.3 is 0 Å². The summed E-state index contributed by atoms with van der Waals surface area (Å²) >= 11 is 3.70. The zero-order valence-electron chi connectivity index (χ0n) is 10.7. The molecule has 1 aliphatic carbocycles. The van der Waals surface area contributed by atoms with Crippen LogP contribution in [0.1, 0.15) is 35.7 Å². The normalized spacial score (nSPS) is 22.5. The molecule has 0 N–H and O–H groups in total. The third-order valence-corrected chi connectivity index (χ3v) is 4.96. The largest absolute Gasteiger partial charge is 0.207 e. The van der Waals surface area contributed by atoms with Crippen LogP contribution in [0.15, 0.2) is 24.3 Å². The van der Waals surface area contributed by atoms with E-state index in [2.05, 4.69) is 22.9 Å². The average molecular weight is 325 g/mol. The molecule has 2 atom stereocenters. The molecule has 0 amide bonds. The number of hydrogen-bond acceptors (Lipinski definition) is 0. The monoisotopic (exact) mass is 324 g/mol. The van der Waals surface area contributed by atoms with Crippen molar-refractivity contribution in [2.45, 2.75) is 31.0 Å². The van der Waals surface area contributed by atoms with Crippen LogP contribution < -0.4 is 0 Å². The van der Waals surface area contributed by atoms with E-state index in [9.17, 15) is 8.78 Å². The van der Waals surface area contributed by atoms with Gasteiger partial charge in [0.05, 0.1) is 0 Å². The van der Waals surface area contributed by atoms with E-state index < -0.39 is 11.6 Å². The summed E-state index contributed by atoms with van der Waals surface area (Å²) in [6, 6.07) is 6.20. The molecule has 0 aliphatic heterocycles. The molecule has 0 radical (unpaired) electrons. The fraction of sp³-hybridized carbons (Fsp3) is 0.375. The molecule has 0 heterocycles. The zero-order chi connectivity index (χ0) is 13.6. The van der Waals surface area contributed by atoms with E-state index >= 15 is 0 Å². The fourth-order valence-corrected chi connectivity index (χ4v) is 3.94. The van der Waals surface area contributed by atoms with E-state index in [1.165, 1.54) is 11.6 Å². The number of hydrogen-bond donors (Lipinski definition) is 0. The second-order valence-corrected chi connectivity index (χ2v) is 6.45. The number of rotatable bonds is 1. The van der Waals surface area contributed by atoms with Gasteiger partial charge in [-0.05, 0) is 47.4 Å². The van der Waals surface area contributed by atoms with Gasteiger partial charge in [0.1, 0.15) is 11.6 Å². The van der Waals surface area contributed by atoms with Gasteiger partial charge in [-0.1, -0.05) is 35.3 Å². The van der Waals surface area contributed by atoms with Crippen molar-refractivity contribution in [2.75, 3.05) is 0 Å². The SMILES string of the molecule is CCC1Cc2cc3cc(F)cc(F)c3cc2C(Br)C1. The summed E-state index contributed by atoms with van der Waals surface area (Å²) in [5, 5.41) is 1.17. The lowest BCUT2D eigenvalue weighted by Crippen LogP contribution is -2.15. The van der Waals surface area contributed by atoms with Crippen molar-refractivity contribution in [2.24, 2.45) is 5.92 Å². The van der Waals surface area contributed by atoms with Crippen molar-refractivity contribution in [3.63, 3.8) is 0 Å². The van der Waals surface area contributed by atoms with E-state index in [0.29, 0.717) is 16.7 Å². The summed E-state index contributed by atoms with van der Waals surface area (Å²) in [6.07, 6.45) is 3.22. The van der Waals surface area contributed by atoms with Crippen LogP contribution in [0.25, 0.3) is 10.8 Å². The lowest BCUT2D eigenvalue weighted by Gasteiger charge is -2.28. The van der Waals surface area contributed by atoms with Crippen LogP contribution in [-0.2, 0) is 6.42 Å². The van der Waals surface area contributed by atoms with E-state index in [1.54, 1.807) is 0 Å². The predicted octanol–water partition coefficient (Wildman–Crippen LogP) is 5.53. The molecule has 1 aliphatic rings. The van der Waals surface area contributed by atoms with E-state index in [1.807, 2.05) is 12.1 Å². The average Bonchev–Trinajstić information content (AvgIpc) is 2.36. The second-order valence-electron chi connectivity index (χ2n) is 5.34. The molecule has 2 unspecified atom stereocenters. The van der Waals surface area contributed by atoms with Gasteiger partial charge in [-0.15, -0.1) is 0 Å². The predicted molar refractivity (Wildman–Crippen MR) is 77.6 cm³/mol. The van der Waals surface area contributed by atoms with Gasteiger partial charge in [0.25, 0.3) is 0 Å². The molecule has 100 valence electrons. The summed E-state index contributed by atoms with van der Waals surface area (Å²) in [6.45, 7) is 2.19. The van der Waals surface area contributed by atoms with Crippen LogP contribution >= 0.6 is 15.9 Å². The fourth-order valence-electron chi connectivity index (χ4n) is 2.99. The van der Waals surface area contributed by atoms with Crippen LogP contribution in [0.4, 0.5) is 8.78 Å². The minimum atomic E-state index is -0.511. The summed E-state index contributed by atoms with van der Waals surface area (Å²) in [4.78, 5) is 0.273. The molecular weight excluding hydrogens is 310 g/mol. The van der Waals surface area contributed by atoms with Crippen molar-refractivity contribution in [1.82, 2.24) is 0 Å². The maximum absolute atomic E-state index is 13.8. The Hall–Kier alpha value is -0.960. The van der Waals surface area contributed by atoms with Gasteiger partial charge in [-0.3, -0.25) is 0 Å². The van der Waals surface area contributed by atoms with Crippen LogP contribution in [0.2, 0.25) is 0 Å². The first-order valence-electron chi connectivity index (χ1n) is 6.64. The standard InChI is InChI=1S/C16H15BrF2/c1-2-9-3-10-5-11-6-12(18)7-16(19)14(11)8-13(10)15(17)4-9/h5-9,15H,2-4H2,1H3. The van der Waals surface area contributed by atoms with Crippen molar-refractivity contribution >= 4 is 26.7 Å². The number of halogens is 3. The Morgan fingerprint density at radius 3 is 2.74 bits per heavy atom. The Bertz CT molecular complexity index is 636. The molecular formula is C16H15BrF2. The molecule has 0 saturated carbocycles. The third-order valence-electron chi connectivity index (χ3n) is 4.09. The first-order valence-corrected chi connectivity index (χ1v) is 7.55. The molecule has 2 aromatic rings. The Morgan fingerprint density at radius 1 is 1.21 bits per heavy atom. The summed E-state index contributed by atoms with van der Waals surface area (Å²) < 4.78 is 27.1. The maximum atomic E-state index is 13.8. The van der Waals surface area contributed by atoms with E-state index in [-0.39, 0.29) is 4.83 Å². The van der Waals surface area contributed by atoms with Gasteiger partial charge in [-0.2, -0.15) is 0 Å². The van der Waals surface area contributed by atoms with Crippen molar-refractivity contribution < 1.29 is 8.78 Å².